The first-order chi connectivity index (χ1) is 15.1. The Labute approximate surface area is 178 Å². The summed E-state index contributed by atoms with van der Waals surface area (Å²) in [6.07, 6.45) is 9.28. The minimum absolute atomic E-state index is 0.0723. The molecule has 154 valence electrons. The normalized spacial score (nSPS) is 22.3. The smallest absolute Gasteiger partial charge is 0.259 e. The molecule has 0 aliphatic carbocycles. The van der Waals surface area contributed by atoms with E-state index in [2.05, 4.69) is 15.4 Å². The van der Waals surface area contributed by atoms with Crippen LogP contribution in [0.1, 0.15) is 33.9 Å². The third-order valence-corrected chi connectivity index (χ3v) is 6.61. The fraction of sp³-hybridized carbons (Fsp3) is 0.217. The summed E-state index contributed by atoms with van der Waals surface area (Å²) in [6.45, 7) is 0.460. The van der Waals surface area contributed by atoms with E-state index in [1.54, 1.807) is 23.1 Å². The highest BCUT2D eigenvalue weighted by atomic mass is 16.2. The minimum atomic E-state index is -0.851. The fourth-order valence-corrected chi connectivity index (χ4v) is 5.26. The van der Waals surface area contributed by atoms with Gasteiger partial charge in [-0.1, -0.05) is 24.3 Å². The van der Waals surface area contributed by atoms with Crippen molar-refractivity contribution in [1.82, 2.24) is 24.1 Å². The number of benzene rings is 1. The van der Waals surface area contributed by atoms with Crippen molar-refractivity contribution in [3.05, 3.63) is 84.1 Å². The number of amides is 2. The van der Waals surface area contributed by atoms with Crippen LogP contribution in [0.2, 0.25) is 0 Å². The van der Waals surface area contributed by atoms with Gasteiger partial charge in [0.1, 0.15) is 16.6 Å². The van der Waals surface area contributed by atoms with Gasteiger partial charge in [0.25, 0.3) is 5.91 Å². The highest BCUT2D eigenvalue weighted by Gasteiger charge is 2.59. The molecule has 1 saturated heterocycles. The number of pyridine rings is 1. The maximum absolute atomic E-state index is 13.8. The largest absolute Gasteiger partial charge is 0.334 e. The molecule has 1 aromatic carbocycles. The SMILES string of the molecule is Cn1ccn2ncc(C(=O)N3CCC4(C(=O)Nc5ccccc54)C3c3cccnc3)c12. The van der Waals surface area contributed by atoms with Gasteiger partial charge in [-0.25, -0.2) is 4.52 Å². The van der Waals surface area contributed by atoms with Gasteiger partial charge in [0.15, 0.2) is 0 Å². The molecule has 2 aliphatic rings. The molecule has 8 heteroatoms. The molecule has 5 heterocycles. The van der Waals surface area contributed by atoms with Crippen LogP contribution in [-0.4, -0.2) is 42.4 Å². The number of fused-ring (bicyclic) bond motifs is 3. The number of para-hydroxylation sites is 1. The molecule has 0 bridgehead atoms. The Kier molecular flexibility index (Phi) is 3.62. The lowest BCUT2D eigenvalue weighted by Crippen LogP contribution is -2.42. The number of rotatable bonds is 2. The molecular formula is C23H20N6O2. The first-order valence-corrected chi connectivity index (χ1v) is 10.2. The van der Waals surface area contributed by atoms with E-state index in [4.69, 9.17) is 0 Å². The zero-order valence-corrected chi connectivity index (χ0v) is 16.9. The van der Waals surface area contributed by atoms with E-state index in [0.717, 1.165) is 22.5 Å². The van der Waals surface area contributed by atoms with Gasteiger partial charge in [-0.2, -0.15) is 5.10 Å². The van der Waals surface area contributed by atoms with Crippen molar-refractivity contribution < 1.29 is 9.59 Å². The van der Waals surface area contributed by atoms with Gasteiger partial charge >= 0.3 is 0 Å². The molecule has 0 radical (unpaired) electrons. The van der Waals surface area contributed by atoms with Gasteiger partial charge in [0.05, 0.1) is 12.2 Å². The summed E-state index contributed by atoms with van der Waals surface area (Å²) in [5.41, 5.74) is 2.98. The van der Waals surface area contributed by atoms with Crippen molar-refractivity contribution >= 4 is 23.1 Å². The van der Waals surface area contributed by atoms with Crippen LogP contribution in [0.5, 0.6) is 0 Å². The molecule has 2 unspecified atom stereocenters. The molecule has 0 saturated carbocycles. The van der Waals surface area contributed by atoms with E-state index >= 15 is 0 Å². The predicted octanol–water partition coefficient (Wildman–Crippen LogP) is 2.55. The number of imidazole rings is 1. The predicted molar refractivity (Wildman–Crippen MR) is 114 cm³/mol. The Morgan fingerprint density at radius 2 is 2.03 bits per heavy atom. The Bertz CT molecular complexity index is 1340. The fourth-order valence-electron chi connectivity index (χ4n) is 5.26. The zero-order chi connectivity index (χ0) is 21.2. The van der Waals surface area contributed by atoms with Crippen LogP contribution in [0.25, 0.3) is 5.65 Å². The minimum Gasteiger partial charge on any atom is -0.334 e. The lowest BCUT2D eigenvalue weighted by atomic mass is 9.73. The van der Waals surface area contributed by atoms with Crippen molar-refractivity contribution in [3.8, 4) is 0 Å². The second kappa shape index (κ2) is 6.28. The highest BCUT2D eigenvalue weighted by molar-refractivity contribution is 6.08. The van der Waals surface area contributed by atoms with Gasteiger partial charge in [-0.15, -0.1) is 0 Å². The van der Waals surface area contributed by atoms with Crippen molar-refractivity contribution in [2.45, 2.75) is 17.9 Å². The van der Waals surface area contributed by atoms with Crippen LogP contribution in [0, 0.1) is 0 Å². The topological polar surface area (TPSA) is 84.5 Å². The number of aryl methyl sites for hydroxylation is 1. The molecule has 1 spiro atoms. The molecule has 1 N–H and O–H groups in total. The number of likely N-dealkylation sites (tertiary alicyclic amines) is 1. The van der Waals surface area contributed by atoms with Gasteiger partial charge in [-0.05, 0) is 29.7 Å². The standard InChI is InChI=1S/C23H20N6O2/c1-27-11-12-29-20(27)16(14-25-29)21(30)28-10-8-23(19(28)15-5-4-9-24-13-15)17-6-2-3-7-18(17)26-22(23)31/h2-7,9,11-14,19H,8,10H2,1H3,(H,26,31). The number of aromatic nitrogens is 4. The van der Waals surface area contributed by atoms with Crippen molar-refractivity contribution in [2.24, 2.45) is 7.05 Å². The Balaban J connectivity index is 1.53. The van der Waals surface area contributed by atoms with E-state index in [9.17, 15) is 9.59 Å². The summed E-state index contributed by atoms with van der Waals surface area (Å²) in [7, 11) is 1.89. The number of hydrogen-bond acceptors (Lipinski definition) is 4. The van der Waals surface area contributed by atoms with Crippen molar-refractivity contribution in [2.75, 3.05) is 11.9 Å². The number of carbonyl (C=O) groups excluding carboxylic acids is 2. The zero-order valence-electron chi connectivity index (χ0n) is 16.9. The van der Waals surface area contributed by atoms with Crippen LogP contribution in [0.3, 0.4) is 0 Å². The third-order valence-electron chi connectivity index (χ3n) is 6.61. The van der Waals surface area contributed by atoms with Crippen molar-refractivity contribution in [1.29, 1.82) is 0 Å². The van der Waals surface area contributed by atoms with Gasteiger partial charge < -0.3 is 14.8 Å². The number of nitrogens with one attached hydrogen (secondary N) is 1. The molecule has 2 aliphatic heterocycles. The molecule has 31 heavy (non-hydrogen) atoms. The van der Waals surface area contributed by atoms with Gasteiger partial charge in [-0.3, -0.25) is 14.6 Å². The van der Waals surface area contributed by atoms with Gasteiger partial charge in [0, 0.05) is 44.1 Å². The quantitative estimate of drug-likeness (QED) is 0.548. The second-order valence-electron chi connectivity index (χ2n) is 8.14. The van der Waals surface area contributed by atoms with Crippen molar-refractivity contribution in [3.63, 3.8) is 0 Å². The molecule has 4 aromatic rings. The molecule has 2 atom stereocenters. The summed E-state index contributed by atoms with van der Waals surface area (Å²) in [5.74, 6) is -0.211. The van der Waals surface area contributed by atoms with E-state index in [1.807, 2.05) is 65.3 Å². The molecule has 3 aromatic heterocycles. The highest BCUT2D eigenvalue weighted by Crippen LogP contribution is 2.54. The summed E-state index contributed by atoms with van der Waals surface area (Å²) in [6, 6.07) is 11.1. The van der Waals surface area contributed by atoms with E-state index in [-0.39, 0.29) is 11.8 Å². The van der Waals surface area contributed by atoms with Crippen LogP contribution in [0.4, 0.5) is 5.69 Å². The maximum Gasteiger partial charge on any atom is 0.259 e. The first-order valence-electron chi connectivity index (χ1n) is 10.2. The van der Waals surface area contributed by atoms with E-state index in [0.29, 0.717) is 18.5 Å². The Hall–Kier alpha value is -3.94. The summed E-state index contributed by atoms with van der Waals surface area (Å²) < 4.78 is 3.57. The van der Waals surface area contributed by atoms with Crippen LogP contribution in [-0.2, 0) is 17.3 Å². The molecular weight excluding hydrogens is 392 g/mol. The molecule has 8 nitrogen and oxygen atoms in total. The number of carbonyl (C=O) groups is 2. The van der Waals surface area contributed by atoms with E-state index in [1.165, 1.54) is 0 Å². The van der Waals surface area contributed by atoms with Crippen LogP contribution >= 0.6 is 0 Å². The second-order valence-corrected chi connectivity index (χ2v) is 8.14. The summed E-state index contributed by atoms with van der Waals surface area (Å²) in [4.78, 5) is 33.3. The number of anilines is 1. The lowest BCUT2D eigenvalue weighted by molar-refractivity contribution is -0.121. The average molecular weight is 412 g/mol. The van der Waals surface area contributed by atoms with E-state index < -0.39 is 11.5 Å². The Morgan fingerprint density at radius 3 is 2.87 bits per heavy atom. The van der Waals surface area contributed by atoms with Crippen LogP contribution in [0.15, 0.2) is 67.4 Å². The average Bonchev–Trinajstić information content (AvgIpc) is 3.54. The molecule has 6 rings (SSSR count). The monoisotopic (exact) mass is 412 g/mol. The lowest BCUT2D eigenvalue weighted by Gasteiger charge is -2.34. The maximum atomic E-state index is 13.8. The molecule has 2 amide bonds. The first kappa shape index (κ1) is 17.9. The number of nitrogens with zero attached hydrogens (tertiary/aromatic N) is 5. The van der Waals surface area contributed by atoms with Gasteiger partial charge in [0.2, 0.25) is 5.91 Å². The Morgan fingerprint density at radius 1 is 1.16 bits per heavy atom. The number of hydrogen-bond donors (Lipinski definition) is 1. The third kappa shape index (κ3) is 2.30. The summed E-state index contributed by atoms with van der Waals surface area (Å²) >= 11 is 0. The summed E-state index contributed by atoms with van der Waals surface area (Å²) in [5, 5.41) is 7.37. The molecule has 1 fully saturated rings. The van der Waals surface area contributed by atoms with Crippen LogP contribution < -0.4 is 5.32 Å².